The van der Waals surface area contributed by atoms with E-state index in [1.54, 1.807) is 0 Å². The number of ether oxygens (including phenoxy) is 6. The Morgan fingerprint density at radius 2 is 0.518 bits per heavy atom. The van der Waals surface area contributed by atoms with Crippen molar-refractivity contribution in [1.29, 1.82) is 0 Å². The molecule has 4 N–H and O–H groups in total. The Kier molecular flexibility index (Phi) is 29.5. The van der Waals surface area contributed by atoms with Gasteiger partial charge in [-0.2, -0.15) is 0 Å². The number of rotatable bonds is 23. The molecule has 0 aromatic heterocycles. The van der Waals surface area contributed by atoms with Gasteiger partial charge in [0.25, 0.3) is 0 Å². The highest BCUT2D eigenvalue weighted by Crippen LogP contribution is 2.42. The van der Waals surface area contributed by atoms with E-state index in [-0.39, 0.29) is 111 Å². The third-order valence-corrected chi connectivity index (χ3v) is 14.2. The van der Waals surface area contributed by atoms with E-state index in [9.17, 15) is 39.6 Å². The average molecular weight is 1190 g/mol. The predicted octanol–water partition coefficient (Wildman–Crippen LogP) is 15.2. The first-order chi connectivity index (χ1) is 38.1. The first-order valence-electron chi connectivity index (χ1n) is 29.3. The summed E-state index contributed by atoms with van der Waals surface area (Å²) in [4.78, 5) is 49.1. The first kappa shape index (κ1) is 76.9. The van der Waals surface area contributed by atoms with Gasteiger partial charge in [-0.25, -0.2) is 0 Å². The van der Waals surface area contributed by atoms with Gasteiger partial charge in [0.1, 0.15) is 36.2 Å². The van der Waals surface area contributed by atoms with Gasteiger partial charge in [0.15, 0.2) is 0 Å². The molecule has 0 saturated heterocycles. The zero-order valence-electron chi connectivity index (χ0n) is 54.1. The molecule has 0 aliphatic carbocycles. The van der Waals surface area contributed by atoms with Crippen LogP contribution in [-0.4, -0.2) is 90.7 Å². The minimum Gasteiger partial charge on any atom is -0.507 e. The summed E-state index contributed by atoms with van der Waals surface area (Å²) in [6, 6.07) is 15.6. The van der Waals surface area contributed by atoms with Crippen molar-refractivity contribution in [3.8, 4) is 23.0 Å². The van der Waals surface area contributed by atoms with Crippen LogP contribution in [0.1, 0.15) is 232 Å². The minimum absolute atomic E-state index is 0. The number of phenols is 4. The maximum atomic E-state index is 12.4. The zero-order chi connectivity index (χ0) is 63.1. The summed E-state index contributed by atoms with van der Waals surface area (Å²) < 4.78 is 31.8. The Labute approximate surface area is 511 Å². The minimum atomic E-state index is -0.455. The van der Waals surface area contributed by atoms with Crippen LogP contribution in [0.15, 0.2) is 48.5 Å². The van der Waals surface area contributed by atoms with E-state index in [0.29, 0.717) is 61.9 Å². The van der Waals surface area contributed by atoms with Crippen molar-refractivity contribution in [1.82, 2.24) is 0 Å². The van der Waals surface area contributed by atoms with Crippen LogP contribution < -0.4 is 0 Å². The van der Waals surface area contributed by atoms with Gasteiger partial charge >= 0.3 is 23.9 Å². The first-order valence-corrected chi connectivity index (χ1v) is 29.3. The summed E-state index contributed by atoms with van der Waals surface area (Å²) in [5, 5.41) is 42.5. The van der Waals surface area contributed by atoms with Crippen molar-refractivity contribution in [3.05, 3.63) is 115 Å². The molecule has 14 nitrogen and oxygen atoms in total. The second-order valence-corrected chi connectivity index (χ2v) is 28.0. The third-order valence-electron chi connectivity index (χ3n) is 14.2. The Morgan fingerprint density at radius 1 is 0.318 bits per heavy atom. The number of carbonyl (C=O) groups is 4. The van der Waals surface area contributed by atoms with Crippen LogP contribution >= 0.6 is 0 Å². The lowest BCUT2D eigenvalue weighted by molar-refractivity contribution is -0.167. The molecular formula is C71H110O14. The SMILES string of the molecule is C.C.CC(C)(C)c1cc(CCC(=O)OCOC(=O)CCc2cc(C(C)(C)C)c(O)c(C(C)(C)C)c2)cc(C(C)(C)C)c1O.Cc1cc(CCC(=O)OCCOCCOCCOC(=O)CCc2cc(C)c(O)c(C(C)(C)C)c2)cc(C(C)(C)C)c1O. The smallest absolute Gasteiger partial charge is 0.308 e. The normalized spacial score (nSPS) is 12.0. The van der Waals surface area contributed by atoms with E-state index in [2.05, 4.69) is 83.1 Å². The van der Waals surface area contributed by atoms with Gasteiger partial charge in [0.05, 0.1) is 26.4 Å². The largest absolute Gasteiger partial charge is 0.507 e. The van der Waals surface area contributed by atoms with E-state index in [4.69, 9.17) is 28.4 Å². The Hall–Kier alpha value is -6.12. The molecule has 0 spiro atoms. The molecule has 0 aliphatic rings. The molecule has 85 heavy (non-hydrogen) atoms. The van der Waals surface area contributed by atoms with Gasteiger partial charge in [-0.3, -0.25) is 19.2 Å². The van der Waals surface area contributed by atoms with Crippen LogP contribution in [0.2, 0.25) is 0 Å². The van der Waals surface area contributed by atoms with Crippen molar-refractivity contribution in [2.75, 3.05) is 46.4 Å². The molecule has 0 amide bonds. The van der Waals surface area contributed by atoms with Crippen LogP contribution in [0.5, 0.6) is 23.0 Å². The fourth-order valence-corrected chi connectivity index (χ4v) is 9.29. The molecule has 4 aromatic carbocycles. The molecule has 4 rings (SSSR count). The van der Waals surface area contributed by atoms with Crippen LogP contribution in [-0.2, 0) is 106 Å². The number of aromatic hydroxyl groups is 4. The van der Waals surface area contributed by atoms with Crippen molar-refractivity contribution in [2.45, 2.75) is 237 Å². The lowest BCUT2D eigenvalue weighted by atomic mass is 9.78. The van der Waals surface area contributed by atoms with Gasteiger partial charge in [-0.05, 0) is 139 Å². The molecule has 0 bridgehead atoms. The Morgan fingerprint density at radius 3 is 0.753 bits per heavy atom. The van der Waals surface area contributed by atoms with Gasteiger partial charge in [0.2, 0.25) is 6.79 Å². The van der Waals surface area contributed by atoms with Gasteiger partial charge in [-0.1, -0.05) is 188 Å². The number of benzene rings is 4. The summed E-state index contributed by atoms with van der Waals surface area (Å²) in [6.07, 6.45) is 2.75. The molecule has 14 heteroatoms. The van der Waals surface area contributed by atoms with Gasteiger partial charge < -0.3 is 48.8 Å². The standard InChI is InChI=1S/C35H52O6.C34H50O8.2CH4/c1-32(2,3)24-17-22(18-25(30(24)38)33(4,5)6)13-15-28(36)40-21-41-29(37)16-14-23-19-26(34(7,8)9)31(39)27(20-23)35(10,11)12;1-23-19-25(21-27(31(23)37)33(3,4)5)9-11-29(35)41-17-15-39-13-14-40-16-18-42-30(36)12-10-26-20-24(2)32(38)28(22-26)34(6,7)8;;/h17-20,38-39H,13-16,21H2,1-12H3;19-22,37-38H,9-18H2,1-8H3;2*1H4. The molecule has 0 radical (unpaired) electrons. The fourth-order valence-electron chi connectivity index (χ4n) is 9.29. The van der Waals surface area contributed by atoms with Crippen LogP contribution in [0.25, 0.3) is 0 Å². The van der Waals surface area contributed by atoms with Crippen LogP contribution in [0.3, 0.4) is 0 Å². The summed E-state index contributed by atoms with van der Waals surface area (Å²) >= 11 is 0. The number of esters is 4. The number of hydrogen-bond donors (Lipinski definition) is 4. The molecule has 0 heterocycles. The Balaban J connectivity index is 0.000000831. The molecule has 0 unspecified atom stereocenters. The lowest BCUT2D eigenvalue weighted by Crippen LogP contribution is -2.18. The van der Waals surface area contributed by atoms with Crippen LogP contribution in [0.4, 0.5) is 0 Å². The molecule has 478 valence electrons. The van der Waals surface area contributed by atoms with Crippen molar-refractivity contribution >= 4 is 23.9 Å². The second kappa shape index (κ2) is 32.6. The van der Waals surface area contributed by atoms with E-state index in [0.717, 1.165) is 66.8 Å². The highest BCUT2D eigenvalue weighted by Gasteiger charge is 2.29. The molecule has 0 saturated carbocycles. The fraction of sp³-hybridized carbons (Fsp3) is 0.606. The number of hydrogen-bond acceptors (Lipinski definition) is 14. The molecule has 4 aromatic rings. The number of phenolic OH excluding ortho intramolecular Hbond substituents is 4. The number of carbonyl (C=O) groups excluding carboxylic acids is 4. The van der Waals surface area contributed by atoms with Gasteiger partial charge in [0, 0.05) is 25.7 Å². The predicted molar refractivity (Wildman–Crippen MR) is 341 cm³/mol. The van der Waals surface area contributed by atoms with Gasteiger partial charge in [-0.15, -0.1) is 0 Å². The maximum Gasteiger partial charge on any atom is 0.308 e. The average Bonchev–Trinajstić information content (AvgIpc) is 3.26. The zero-order valence-corrected chi connectivity index (χ0v) is 54.1. The highest BCUT2D eigenvalue weighted by molar-refractivity contribution is 5.72. The van der Waals surface area contributed by atoms with E-state index < -0.39 is 18.7 Å². The molecule has 0 atom stereocenters. The van der Waals surface area contributed by atoms with Crippen molar-refractivity contribution in [2.24, 2.45) is 0 Å². The van der Waals surface area contributed by atoms with Crippen molar-refractivity contribution in [3.63, 3.8) is 0 Å². The van der Waals surface area contributed by atoms with E-state index in [1.165, 1.54) is 0 Å². The topological polar surface area (TPSA) is 205 Å². The monoisotopic (exact) mass is 1190 g/mol. The van der Waals surface area contributed by atoms with Crippen LogP contribution in [0, 0.1) is 13.8 Å². The maximum absolute atomic E-state index is 12.4. The number of aryl methyl sites for hydroxylation is 6. The van der Waals surface area contributed by atoms with E-state index in [1.807, 2.05) is 104 Å². The summed E-state index contributed by atoms with van der Waals surface area (Å²) in [6.45, 7) is 41.7. The quantitative estimate of drug-likeness (QED) is 0.0236. The lowest BCUT2D eigenvalue weighted by Gasteiger charge is -2.28. The second-order valence-electron chi connectivity index (χ2n) is 28.0. The Bertz CT molecular complexity index is 2550. The molecule has 0 fully saturated rings. The highest BCUT2D eigenvalue weighted by atomic mass is 16.7. The van der Waals surface area contributed by atoms with E-state index >= 15 is 0 Å². The summed E-state index contributed by atoms with van der Waals surface area (Å²) in [7, 11) is 0. The third kappa shape index (κ3) is 25.4. The molecular weight excluding hydrogens is 1080 g/mol. The summed E-state index contributed by atoms with van der Waals surface area (Å²) in [5.74, 6) is -0.276. The van der Waals surface area contributed by atoms with Crippen molar-refractivity contribution < 1.29 is 68.0 Å². The molecule has 0 aliphatic heterocycles. The summed E-state index contributed by atoms with van der Waals surface area (Å²) in [5.41, 5.74) is 9.22.